The van der Waals surface area contributed by atoms with Gasteiger partial charge in [-0.3, -0.25) is 14.4 Å². The van der Waals surface area contributed by atoms with E-state index in [9.17, 15) is 19.2 Å². The third-order valence-electron chi connectivity index (χ3n) is 5.03. The molecule has 0 bridgehead atoms. The van der Waals surface area contributed by atoms with Gasteiger partial charge in [0, 0.05) is 5.92 Å². The number of ether oxygens (including phenoxy) is 2. The fourth-order valence-corrected chi connectivity index (χ4v) is 3.94. The van der Waals surface area contributed by atoms with E-state index in [1.54, 1.807) is 38.1 Å². The van der Waals surface area contributed by atoms with Crippen LogP contribution in [0.2, 0.25) is 0 Å². The van der Waals surface area contributed by atoms with Crippen molar-refractivity contribution in [1.82, 2.24) is 5.32 Å². The number of fused-ring (bicyclic) bond motifs is 1. The Morgan fingerprint density at radius 2 is 1.68 bits per heavy atom. The highest BCUT2D eigenvalue weighted by atomic mass is 16.5. The van der Waals surface area contributed by atoms with Crippen LogP contribution in [0.1, 0.15) is 31.7 Å². The first kappa shape index (κ1) is 17.1. The number of rotatable bonds is 5. The number of hydrogen-bond donors (Lipinski definition) is 1. The van der Waals surface area contributed by atoms with Gasteiger partial charge in [-0.25, -0.2) is 4.79 Å². The average Bonchev–Trinajstić information content (AvgIpc) is 2.75. The Morgan fingerprint density at radius 3 is 2.28 bits per heavy atom. The van der Waals surface area contributed by atoms with E-state index in [0.717, 1.165) is 5.56 Å². The van der Waals surface area contributed by atoms with Gasteiger partial charge in [0.15, 0.2) is 11.0 Å². The number of Topliss-reactive ketones (excluding diaryl/α,β-unsaturated/α-hetero) is 1. The topological polar surface area (TPSA) is 98.8 Å². The van der Waals surface area contributed by atoms with Crippen LogP contribution in [-0.2, 0) is 28.7 Å². The van der Waals surface area contributed by atoms with Crippen molar-refractivity contribution in [2.45, 2.75) is 31.7 Å². The number of hydrogen-bond acceptors (Lipinski definition) is 6. The summed E-state index contributed by atoms with van der Waals surface area (Å²) < 4.78 is 10.2. The van der Waals surface area contributed by atoms with Gasteiger partial charge >= 0.3 is 11.9 Å². The molecule has 132 valence electrons. The maximum atomic E-state index is 12.8. The van der Waals surface area contributed by atoms with E-state index in [1.807, 2.05) is 6.07 Å². The molecule has 1 saturated carbocycles. The Balaban J connectivity index is 2.15. The molecule has 1 aliphatic heterocycles. The zero-order chi connectivity index (χ0) is 18.2. The summed E-state index contributed by atoms with van der Waals surface area (Å²) in [5.41, 5.74) is -2.89. The zero-order valence-electron chi connectivity index (χ0n) is 14.0. The molecule has 0 unspecified atom stereocenters. The molecule has 25 heavy (non-hydrogen) atoms. The molecule has 1 aliphatic carbocycles. The summed E-state index contributed by atoms with van der Waals surface area (Å²) in [6.45, 7) is 3.32. The Kier molecular flexibility index (Phi) is 4.10. The third kappa shape index (κ3) is 2.04. The van der Waals surface area contributed by atoms with Gasteiger partial charge in [0.25, 0.3) is 5.91 Å². The maximum Gasteiger partial charge on any atom is 0.334 e. The van der Waals surface area contributed by atoms with Crippen molar-refractivity contribution < 1.29 is 28.7 Å². The number of carbonyl (C=O) groups is 4. The summed E-state index contributed by atoms with van der Waals surface area (Å²) in [7, 11) is 0. The lowest BCUT2D eigenvalue weighted by molar-refractivity contribution is -0.187. The highest BCUT2D eigenvalue weighted by molar-refractivity contribution is 6.47. The molecule has 1 amide bonds. The number of carbonyl (C=O) groups excluding carboxylic acids is 4. The predicted molar refractivity (Wildman–Crippen MR) is 85.4 cm³/mol. The summed E-state index contributed by atoms with van der Waals surface area (Å²) in [5.74, 6) is -4.10. The van der Waals surface area contributed by atoms with E-state index < -0.39 is 40.5 Å². The van der Waals surface area contributed by atoms with Gasteiger partial charge < -0.3 is 14.8 Å². The molecule has 2 fully saturated rings. The molecular formula is C18H19NO6. The van der Waals surface area contributed by atoms with Gasteiger partial charge in [-0.05, 0) is 25.8 Å². The minimum Gasteiger partial charge on any atom is -0.465 e. The fraction of sp³-hybridized carbons (Fsp3) is 0.444. The molecule has 1 N–H and O–H groups in total. The van der Waals surface area contributed by atoms with Crippen LogP contribution in [-0.4, -0.2) is 42.4 Å². The van der Waals surface area contributed by atoms with Crippen LogP contribution in [0, 0.1) is 5.41 Å². The molecule has 3 atom stereocenters. The Labute approximate surface area is 144 Å². The lowest BCUT2D eigenvalue weighted by Crippen LogP contribution is -2.74. The standard InChI is InChI=1S/C18H19NO6/c1-3-24-15(22)17-10-12(11-8-6-5-7-9-11)18(17,16(23)25-4-2)19-14(21)13(17)20/h5-9,12H,3-4,10H2,1-2H3,(H,19,21)/t12-,17-,18+/m1/s1. The van der Waals surface area contributed by atoms with Gasteiger partial charge in [0.05, 0.1) is 13.2 Å². The third-order valence-corrected chi connectivity index (χ3v) is 5.03. The second-order valence-electron chi connectivity index (χ2n) is 6.10. The zero-order valence-corrected chi connectivity index (χ0v) is 14.0. The predicted octanol–water partition coefficient (Wildman–Crippen LogP) is 0.724. The highest BCUT2D eigenvalue weighted by Gasteiger charge is 2.83. The van der Waals surface area contributed by atoms with Crippen molar-refractivity contribution in [2.24, 2.45) is 5.41 Å². The largest absolute Gasteiger partial charge is 0.465 e. The normalized spacial score (nSPS) is 30.1. The lowest BCUT2D eigenvalue weighted by Gasteiger charge is -2.54. The van der Waals surface area contributed by atoms with Gasteiger partial charge in [-0.1, -0.05) is 30.3 Å². The number of benzene rings is 1. The summed E-state index contributed by atoms with van der Waals surface area (Å²) in [5, 5.41) is 2.47. The fourth-order valence-electron chi connectivity index (χ4n) is 3.94. The smallest absolute Gasteiger partial charge is 0.334 e. The molecule has 2 aliphatic rings. The van der Waals surface area contributed by atoms with Crippen LogP contribution in [0.15, 0.2) is 30.3 Å². The molecule has 7 heteroatoms. The van der Waals surface area contributed by atoms with Gasteiger partial charge in [-0.15, -0.1) is 0 Å². The number of ketones is 1. The number of amides is 1. The first-order valence-electron chi connectivity index (χ1n) is 8.22. The van der Waals surface area contributed by atoms with E-state index in [-0.39, 0.29) is 19.6 Å². The molecule has 1 heterocycles. The second kappa shape index (κ2) is 5.98. The minimum absolute atomic E-state index is 0.0201. The van der Waals surface area contributed by atoms with E-state index in [0.29, 0.717) is 0 Å². The molecule has 1 aromatic rings. The second-order valence-corrected chi connectivity index (χ2v) is 6.10. The van der Waals surface area contributed by atoms with Crippen LogP contribution >= 0.6 is 0 Å². The number of esters is 2. The molecule has 0 aromatic heterocycles. The Morgan fingerprint density at radius 1 is 1.08 bits per heavy atom. The summed E-state index contributed by atoms with van der Waals surface area (Å²) in [4.78, 5) is 50.2. The summed E-state index contributed by atoms with van der Waals surface area (Å²) >= 11 is 0. The lowest BCUT2D eigenvalue weighted by atomic mass is 9.47. The van der Waals surface area contributed by atoms with Crippen molar-refractivity contribution in [3.8, 4) is 0 Å². The van der Waals surface area contributed by atoms with Crippen LogP contribution in [0.4, 0.5) is 0 Å². The van der Waals surface area contributed by atoms with Crippen LogP contribution in [0.25, 0.3) is 0 Å². The van der Waals surface area contributed by atoms with Crippen molar-refractivity contribution in [2.75, 3.05) is 13.2 Å². The SMILES string of the molecule is CCOC(=O)[C@]12C[C@H](c3ccccc3)[C@@]1(C(=O)OCC)NC(=O)C2=O. The van der Waals surface area contributed by atoms with Gasteiger partial charge in [0.1, 0.15) is 0 Å². The van der Waals surface area contributed by atoms with Gasteiger partial charge in [-0.2, -0.15) is 0 Å². The van der Waals surface area contributed by atoms with Crippen molar-refractivity contribution in [3.63, 3.8) is 0 Å². The molecule has 0 radical (unpaired) electrons. The minimum atomic E-state index is -1.87. The van der Waals surface area contributed by atoms with Crippen molar-refractivity contribution in [1.29, 1.82) is 0 Å². The molecule has 3 rings (SSSR count). The van der Waals surface area contributed by atoms with E-state index in [2.05, 4.69) is 5.32 Å². The number of nitrogens with one attached hydrogen (secondary N) is 1. The molecular weight excluding hydrogens is 326 g/mol. The molecule has 7 nitrogen and oxygen atoms in total. The molecule has 0 spiro atoms. The maximum absolute atomic E-state index is 12.8. The van der Waals surface area contributed by atoms with E-state index >= 15 is 0 Å². The quantitative estimate of drug-likeness (QED) is 0.480. The highest BCUT2D eigenvalue weighted by Crippen LogP contribution is 2.63. The van der Waals surface area contributed by atoms with E-state index in [4.69, 9.17) is 9.47 Å². The van der Waals surface area contributed by atoms with Gasteiger partial charge in [0.2, 0.25) is 5.78 Å². The first-order valence-corrected chi connectivity index (χ1v) is 8.22. The average molecular weight is 345 g/mol. The van der Waals surface area contributed by atoms with Crippen LogP contribution in [0.3, 0.4) is 0 Å². The Bertz CT molecular complexity index is 745. The van der Waals surface area contributed by atoms with Crippen molar-refractivity contribution in [3.05, 3.63) is 35.9 Å². The molecule has 1 aromatic carbocycles. The van der Waals surface area contributed by atoms with E-state index in [1.165, 1.54) is 0 Å². The summed E-state index contributed by atoms with van der Waals surface area (Å²) in [6, 6.07) is 8.97. The van der Waals surface area contributed by atoms with Crippen molar-refractivity contribution >= 4 is 23.6 Å². The van der Waals surface area contributed by atoms with Crippen LogP contribution in [0.5, 0.6) is 0 Å². The van der Waals surface area contributed by atoms with Crippen LogP contribution < -0.4 is 5.32 Å². The Hall–Kier alpha value is -2.70. The monoisotopic (exact) mass is 345 g/mol. The first-order chi connectivity index (χ1) is 12.0. The summed E-state index contributed by atoms with van der Waals surface area (Å²) in [6.07, 6.45) is 0.0201. The molecule has 1 saturated heterocycles.